The van der Waals surface area contributed by atoms with E-state index in [9.17, 15) is 0 Å². The Balaban J connectivity index is 1.88. The molecule has 2 heteroatoms. The second kappa shape index (κ2) is 4.97. The third-order valence-corrected chi connectivity index (χ3v) is 3.33. The number of morpholine rings is 1. The lowest BCUT2D eigenvalue weighted by molar-refractivity contribution is -0.0104. The zero-order valence-corrected chi connectivity index (χ0v) is 8.50. The Morgan fingerprint density at radius 1 is 0.923 bits per heavy atom. The summed E-state index contributed by atoms with van der Waals surface area (Å²) in [7, 11) is 0. The van der Waals surface area contributed by atoms with E-state index in [-0.39, 0.29) is 0 Å². The first-order valence-electron chi connectivity index (χ1n) is 5.78. The molecule has 1 unspecified atom stereocenters. The maximum Gasteiger partial charge on any atom is 0.0622 e. The molecular formula is C11H21NO. The van der Waals surface area contributed by atoms with E-state index in [1.165, 1.54) is 51.6 Å². The summed E-state index contributed by atoms with van der Waals surface area (Å²) in [5.74, 6) is 0. The van der Waals surface area contributed by atoms with Crippen LogP contribution in [0.3, 0.4) is 0 Å². The number of ether oxygens (including phenoxy) is 1. The van der Waals surface area contributed by atoms with Gasteiger partial charge in [-0.1, -0.05) is 25.7 Å². The van der Waals surface area contributed by atoms with Gasteiger partial charge >= 0.3 is 0 Å². The highest BCUT2D eigenvalue weighted by Crippen LogP contribution is 2.18. The molecule has 0 bridgehead atoms. The van der Waals surface area contributed by atoms with Crippen LogP contribution in [0.5, 0.6) is 0 Å². The van der Waals surface area contributed by atoms with Gasteiger partial charge in [-0.3, -0.25) is 4.90 Å². The highest BCUT2D eigenvalue weighted by atomic mass is 16.5. The first-order valence-corrected chi connectivity index (χ1v) is 5.78. The Labute approximate surface area is 81.3 Å². The minimum Gasteiger partial charge on any atom is -0.378 e. The van der Waals surface area contributed by atoms with Gasteiger partial charge in [-0.25, -0.2) is 0 Å². The monoisotopic (exact) mass is 183 g/mol. The third-order valence-electron chi connectivity index (χ3n) is 3.33. The summed E-state index contributed by atoms with van der Waals surface area (Å²) in [5.41, 5.74) is 0. The lowest BCUT2D eigenvalue weighted by atomic mass is 10.1. The summed E-state index contributed by atoms with van der Waals surface area (Å²) in [6.45, 7) is 4.43. The minimum atomic E-state index is 0.742. The summed E-state index contributed by atoms with van der Waals surface area (Å²) in [5, 5.41) is 0. The molecule has 2 saturated heterocycles. The standard InChI is InChI=1S/C11H21NO/c1-2-4-6-11-10-13-9-8-12(11)7-5-3-1/h11H,1-10H2. The van der Waals surface area contributed by atoms with Crippen molar-refractivity contribution in [1.29, 1.82) is 0 Å². The minimum absolute atomic E-state index is 0.742. The number of hydrogen-bond acceptors (Lipinski definition) is 2. The van der Waals surface area contributed by atoms with Crippen molar-refractivity contribution in [3.8, 4) is 0 Å². The molecule has 0 saturated carbocycles. The van der Waals surface area contributed by atoms with E-state index in [2.05, 4.69) is 4.90 Å². The van der Waals surface area contributed by atoms with E-state index in [0.717, 1.165) is 19.3 Å². The Morgan fingerprint density at radius 2 is 1.77 bits per heavy atom. The van der Waals surface area contributed by atoms with Crippen LogP contribution in [0, 0.1) is 0 Å². The summed E-state index contributed by atoms with van der Waals surface area (Å²) in [6, 6.07) is 0.742. The smallest absolute Gasteiger partial charge is 0.0622 e. The van der Waals surface area contributed by atoms with E-state index in [1.54, 1.807) is 0 Å². The van der Waals surface area contributed by atoms with Gasteiger partial charge in [0, 0.05) is 12.6 Å². The number of rotatable bonds is 0. The largest absolute Gasteiger partial charge is 0.378 e. The molecule has 0 amide bonds. The molecule has 2 heterocycles. The van der Waals surface area contributed by atoms with Gasteiger partial charge in [-0.2, -0.15) is 0 Å². The van der Waals surface area contributed by atoms with Crippen molar-refractivity contribution in [2.45, 2.75) is 44.6 Å². The van der Waals surface area contributed by atoms with Crippen molar-refractivity contribution in [2.75, 3.05) is 26.3 Å². The van der Waals surface area contributed by atoms with Crippen LogP contribution < -0.4 is 0 Å². The Kier molecular flexibility index (Phi) is 3.62. The maximum absolute atomic E-state index is 5.53. The molecule has 0 aromatic heterocycles. The van der Waals surface area contributed by atoms with Gasteiger partial charge in [0.2, 0.25) is 0 Å². The predicted molar refractivity (Wildman–Crippen MR) is 53.9 cm³/mol. The van der Waals surface area contributed by atoms with Crippen LogP contribution in [0.4, 0.5) is 0 Å². The van der Waals surface area contributed by atoms with Crippen molar-refractivity contribution in [2.24, 2.45) is 0 Å². The highest BCUT2D eigenvalue weighted by molar-refractivity contribution is 4.76. The zero-order valence-electron chi connectivity index (χ0n) is 8.50. The Morgan fingerprint density at radius 3 is 2.77 bits per heavy atom. The first-order chi connectivity index (χ1) is 6.47. The fraction of sp³-hybridized carbons (Fsp3) is 1.00. The van der Waals surface area contributed by atoms with Gasteiger partial charge in [0.25, 0.3) is 0 Å². The topological polar surface area (TPSA) is 12.5 Å². The van der Waals surface area contributed by atoms with Crippen molar-refractivity contribution in [3.05, 3.63) is 0 Å². The van der Waals surface area contributed by atoms with Crippen LogP contribution >= 0.6 is 0 Å². The van der Waals surface area contributed by atoms with Gasteiger partial charge in [0.15, 0.2) is 0 Å². The number of fused-ring (bicyclic) bond motifs is 1. The highest BCUT2D eigenvalue weighted by Gasteiger charge is 2.22. The van der Waals surface area contributed by atoms with Gasteiger partial charge in [-0.05, 0) is 19.4 Å². The van der Waals surface area contributed by atoms with E-state index >= 15 is 0 Å². The van der Waals surface area contributed by atoms with Gasteiger partial charge in [0.1, 0.15) is 0 Å². The molecule has 2 rings (SSSR count). The molecule has 0 aromatic carbocycles. The Hall–Kier alpha value is -0.0800. The normalized spacial score (nSPS) is 32.8. The average Bonchev–Trinajstić information content (AvgIpc) is 2.28. The SMILES string of the molecule is C1CCCC2COCCN2CCC1. The molecule has 2 aliphatic rings. The molecule has 0 radical (unpaired) electrons. The van der Waals surface area contributed by atoms with Crippen LogP contribution in [0.2, 0.25) is 0 Å². The number of hydrogen-bond donors (Lipinski definition) is 0. The Bertz CT molecular complexity index is 133. The van der Waals surface area contributed by atoms with Crippen LogP contribution in [-0.2, 0) is 4.74 Å². The molecule has 0 aliphatic carbocycles. The molecule has 2 fully saturated rings. The lowest BCUT2D eigenvalue weighted by Gasteiger charge is -2.35. The first kappa shape index (κ1) is 9.47. The fourth-order valence-electron chi connectivity index (χ4n) is 2.47. The second-order valence-electron chi connectivity index (χ2n) is 4.32. The molecule has 0 spiro atoms. The quantitative estimate of drug-likeness (QED) is 0.570. The van der Waals surface area contributed by atoms with E-state index in [1.807, 2.05) is 0 Å². The van der Waals surface area contributed by atoms with Crippen LogP contribution in [0.25, 0.3) is 0 Å². The lowest BCUT2D eigenvalue weighted by Crippen LogP contribution is -2.45. The second-order valence-corrected chi connectivity index (χ2v) is 4.32. The van der Waals surface area contributed by atoms with Crippen molar-refractivity contribution in [3.63, 3.8) is 0 Å². The summed E-state index contributed by atoms with van der Waals surface area (Å²) in [4.78, 5) is 2.65. The summed E-state index contributed by atoms with van der Waals surface area (Å²) >= 11 is 0. The van der Waals surface area contributed by atoms with Crippen LogP contribution in [-0.4, -0.2) is 37.2 Å². The molecule has 13 heavy (non-hydrogen) atoms. The summed E-state index contributed by atoms with van der Waals surface area (Å²) in [6.07, 6.45) is 8.48. The maximum atomic E-state index is 5.53. The van der Waals surface area contributed by atoms with Crippen molar-refractivity contribution >= 4 is 0 Å². The molecule has 0 aromatic rings. The number of nitrogens with zero attached hydrogens (tertiary/aromatic N) is 1. The summed E-state index contributed by atoms with van der Waals surface area (Å²) < 4.78 is 5.53. The van der Waals surface area contributed by atoms with E-state index in [4.69, 9.17) is 4.74 Å². The molecule has 76 valence electrons. The molecule has 2 aliphatic heterocycles. The molecular weight excluding hydrogens is 162 g/mol. The van der Waals surface area contributed by atoms with E-state index in [0.29, 0.717) is 0 Å². The van der Waals surface area contributed by atoms with Crippen molar-refractivity contribution in [1.82, 2.24) is 4.90 Å². The predicted octanol–water partition coefficient (Wildman–Crippen LogP) is 2.04. The van der Waals surface area contributed by atoms with Gasteiger partial charge in [-0.15, -0.1) is 0 Å². The van der Waals surface area contributed by atoms with Gasteiger partial charge < -0.3 is 4.74 Å². The van der Waals surface area contributed by atoms with Crippen LogP contribution in [0.15, 0.2) is 0 Å². The van der Waals surface area contributed by atoms with E-state index < -0.39 is 0 Å². The fourth-order valence-corrected chi connectivity index (χ4v) is 2.47. The van der Waals surface area contributed by atoms with Gasteiger partial charge in [0.05, 0.1) is 13.2 Å². The average molecular weight is 183 g/mol. The third kappa shape index (κ3) is 2.68. The molecule has 0 N–H and O–H groups in total. The zero-order chi connectivity index (χ0) is 8.93. The molecule has 1 atom stereocenters. The van der Waals surface area contributed by atoms with Crippen molar-refractivity contribution < 1.29 is 4.74 Å². The molecule has 2 nitrogen and oxygen atoms in total. The van der Waals surface area contributed by atoms with Crippen LogP contribution in [0.1, 0.15) is 38.5 Å².